The van der Waals surface area contributed by atoms with Gasteiger partial charge in [0.05, 0.1) is 6.54 Å². The minimum absolute atomic E-state index is 0.194. The Hall–Kier alpha value is -1.29. The Kier molecular flexibility index (Phi) is 4.64. The lowest BCUT2D eigenvalue weighted by atomic mass is 10.1. The minimum Gasteiger partial charge on any atom is -0.464 e. The van der Waals surface area contributed by atoms with E-state index in [1.807, 2.05) is 24.0 Å². The van der Waals surface area contributed by atoms with Crippen molar-refractivity contribution in [2.75, 3.05) is 6.54 Å². The van der Waals surface area contributed by atoms with Crippen LogP contribution < -0.4 is 5.32 Å². The van der Waals surface area contributed by atoms with E-state index in [-0.39, 0.29) is 11.9 Å². The van der Waals surface area contributed by atoms with E-state index in [4.69, 9.17) is 4.42 Å². The summed E-state index contributed by atoms with van der Waals surface area (Å²) in [5.41, 5.74) is 0. The first-order chi connectivity index (χ1) is 9.06. The van der Waals surface area contributed by atoms with E-state index < -0.39 is 0 Å². The van der Waals surface area contributed by atoms with Gasteiger partial charge in [-0.05, 0) is 52.3 Å². The van der Waals surface area contributed by atoms with Crippen LogP contribution >= 0.6 is 0 Å². The van der Waals surface area contributed by atoms with Crippen LogP contribution in [0.25, 0.3) is 0 Å². The number of aryl methyl sites for hydroxylation is 1. The maximum atomic E-state index is 12.4. The highest BCUT2D eigenvalue weighted by atomic mass is 16.3. The number of amides is 1. The summed E-state index contributed by atoms with van der Waals surface area (Å²) in [6.07, 6.45) is 2.88. The number of nitrogens with zero attached hydrogens (tertiary/aromatic N) is 1. The van der Waals surface area contributed by atoms with E-state index in [0.717, 1.165) is 24.5 Å². The second-order valence-corrected chi connectivity index (χ2v) is 5.63. The van der Waals surface area contributed by atoms with E-state index >= 15 is 0 Å². The first-order valence-electron chi connectivity index (χ1n) is 7.14. The first kappa shape index (κ1) is 14.1. The predicted molar refractivity (Wildman–Crippen MR) is 74.8 cm³/mol. The van der Waals surface area contributed by atoms with Crippen molar-refractivity contribution in [1.82, 2.24) is 10.2 Å². The van der Waals surface area contributed by atoms with Crippen molar-refractivity contribution >= 4 is 5.91 Å². The van der Waals surface area contributed by atoms with Crippen molar-refractivity contribution in [3.63, 3.8) is 0 Å². The highest BCUT2D eigenvalue weighted by molar-refractivity contribution is 5.77. The Balaban J connectivity index is 1.96. The van der Waals surface area contributed by atoms with Crippen LogP contribution in [-0.4, -0.2) is 29.4 Å². The Morgan fingerprint density at radius 3 is 2.84 bits per heavy atom. The SMILES string of the molecule is Cc1ccc(CN(C(=O)CC2CCCN2)C(C)C)o1. The average molecular weight is 264 g/mol. The standard InChI is InChI=1S/C15H24N2O2/c1-11(2)17(10-14-7-6-12(3)19-14)15(18)9-13-5-4-8-16-13/h6-7,11,13,16H,4-5,8-10H2,1-3H3. The van der Waals surface area contributed by atoms with Gasteiger partial charge >= 0.3 is 0 Å². The van der Waals surface area contributed by atoms with Crippen LogP contribution in [0.2, 0.25) is 0 Å². The summed E-state index contributed by atoms with van der Waals surface area (Å²) in [5.74, 6) is 1.96. The van der Waals surface area contributed by atoms with E-state index in [2.05, 4.69) is 19.2 Å². The molecule has 0 radical (unpaired) electrons. The lowest BCUT2D eigenvalue weighted by molar-refractivity contribution is -0.134. The summed E-state index contributed by atoms with van der Waals surface area (Å²) >= 11 is 0. The van der Waals surface area contributed by atoms with Crippen molar-refractivity contribution in [2.45, 2.75) is 58.7 Å². The summed E-state index contributed by atoms with van der Waals surface area (Å²) in [5, 5.41) is 3.38. The largest absolute Gasteiger partial charge is 0.464 e. The number of hydrogen-bond acceptors (Lipinski definition) is 3. The van der Waals surface area contributed by atoms with Gasteiger partial charge in [0, 0.05) is 18.5 Å². The third-order valence-electron chi connectivity index (χ3n) is 3.65. The molecule has 0 spiro atoms. The van der Waals surface area contributed by atoms with Crippen LogP contribution in [0.3, 0.4) is 0 Å². The summed E-state index contributed by atoms with van der Waals surface area (Å²) in [7, 11) is 0. The normalized spacial score (nSPS) is 19.1. The molecule has 0 aliphatic carbocycles. The van der Waals surface area contributed by atoms with Gasteiger partial charge < -0.3 is 14.6 Å². The van der Waals surface area contributed by atoms with Gasteiger partial charge in [-0.3, -0.25) is 4.79 Å². The quantitative estimate of drug-likeness (QED) is 0.888. The zero-order valence-electron chi connectivity index (χ0n) is 12.1. The Bertz CT molecular complexity index is 420. The fourth-order valence-corrected chi connectivity index (χ4v) is 2.56. The highest BCUT2D eigenvalue weighted by Gasteiger charge is 2.24. The molecule has 1 saturated heterocycles. The first-order valence-corrected chi connectivity index (χ1v) is 7.14. The Morgan fingerprint density at radius 1 is 1.53 bits per heavy atom. The molecular formula is C15H24N2O2. The molecule has 1 fully saturated rings. The van der Waals surface area contributed by atoms with Gasteiger partial charge in [-0.25, -0.2) is 0 Å². The van der Waals surface area contributed by atoms with Gasteiger partial charge in [0.25, 0.3) is 0 Å². The minimum atomic E-state index is 0.194. The molecule has 4 nitrogen and oxygen atoms in total. The van der Waals surface area contributed by atoms with E-state index in [1.165, 1.54) is 6.42 Å². The van der Waals surface area contributed by atoms with Crippen molar-refractivity contribution in [3.8, 4) is 0 Å². The lowest BCUT2D eigenvalue weighted by Gasteiger charge is -2.27. The van der Waals surface area contributed by atoms with Crippen LogP contribution in [0.5, 0.6) is 0 Å². The van der Waals surface area contributed by atoms with Gasteiger partial charge in [-0.1, -0.05) is 0 Å². The molecule has 1 aliphatic heterocycles. The topological polar surface area (TPSA) is 45.5 Å². The molecule has 1 N–H and O–H groups in total. The van der Waals surface area contributed by atoms with Gasteiger partial charge in [-0.15, -0.1) is 0 Å². The van der Waals surface area contributed by atoms with Crippen LogP contribution in [0.4, 0.5) is 0 Å². The van der Waals surface area contributed by atoms with Crippen molar-refractivity contribution in [3.05, 3.63) is 23.7 Å². The molecule has 1 unspecified atom stereocenters. The molecule has 2 heterocycles. The fraction of sp³-hybridized carbons (Fsp3) is 0.667. The zero-order valence-corrected chi connectivity index (χ0v) is 12.1. The third-order valence-corrected chi connectivity index (χ3v) is 3.65. The maximum Gasteiger partial charge on any atom is 0.224 e. The molecule has 1 amide bonds. The summed E-state index contributed by atoms with van der Waals surface area (Å²) in [4.78, 5) is 14.3. The van der Waals surface area contributed by atoms with Crippen molar-refractivity contribution < 1.29 is 9.21 Å². The second kappa shape index (κ2) is 6.24. The smallest absolute Gasteiger partial charge is 0.224 e. The summed E-state index contributed by atoms with van der Waals surface area (Å²) in [6, 6.07) is 4.44. The predicted octanol–water partition coefficient (Wildman–Crippen LogP) is 2.47. The van der Waals surface area contributed by atoms with Gasteiger partial charge in [-0.2, -0.15) is 0 Å². The van der Waals surface area contributed by atoms with E-state index in [1.54, 1.807) is 0 Å². The highest BCUT2D eigenvalue weighted by Crippen LogP contribution is 2.16. The Labute approximate surface area is 115 Å². The summed E-state index contributed by atoms with van der Waals surface area (Å²) in [6.45, 7) is 7.63. The summed E-state index contributed by atoms with van der Waals surface area (Å²) < 4.78 is 5.57. The molecule has 0 aromatic carbocycles. The van der Waals surface area contributed by atoms with Gasteiger partial charge in [0.2, 0.25) is 5.91 Å². The monoisotopic (exact) mass is 264 g/mol. The molecule has 1 aliphatic rings. The maximum absolute atomic E-state index is 12.4. The molecule has 2 rings (SSSR count). The zero-order chi connectivity index (χ0) is 13.8. The average Bonchev–Trinajstić information content (AvgIpc) is 2.97. The molecule has 4 heteroatoms. The molecule has 106 valence electrons. The van der Waals surface area contributed by atoms with Gasteiger partial charge in [0.1, 0.15) is 11.5 Å². The fourth-order valence-electron chi connectivity index (χ4n) is 2.56. The lowest BCUT2D eigenvalue weighted by Crippen LogP contribution is -2.39. The van der Waals surface area contributed by atoms with Crippen LogP contribution in [0, 0.1) is 6.92 Å². The van der Waals surface area contributed by atoms with Crippen LogP contribution in [-0.2, 0) is 11.3 Å². The molecule has 19 heavy (non-hydrogen) atoms. The van der Waals surface area contributed by atoms with Crippen molar-refractivity contribution in [1.29, 1.82) is 0 Å². The van der Waals surface area contributed by atoms with Gasteiger partial charge in [0.15, 0.2) is 0 Å². The van der Waals surface area contributed by atoms with E-state index in [9.17, 15) is 4.79 Å². The molecule has 1 aromatic rings. The number of nitrogens with one attached hydrogen (secondary N) is 1. The van der Waals surface area contributed by atoms with Crippen LogP contribution in [0.1, 0.15) is 44.6 Å². The number of carbonyl (C=O) groups excluding carboxylic acids is 1. The molecule has 1 aromatic heterocycles. The molecule has 0 bridgehead atoms. The number of carbonyl (C=O) groups is 1. The molecule has 1 atom stereocenters. The van der Waals surface area contributed by atoms with Crippen molar-refractivity contribution in [2.24, 2.45) is 0 Å². The number of hydrogen-bond donors (Lipinski definition) is 1. The third kappa shape index (κ3) is 3.83. The molecule has 0 saturated carbocycles. The molecular weight excluding hydrogens is 240 g/mol. The Morgan fingerprint density at radius 2 is 2.32 bits per heavy atom. The van der Waals surface area contributed by atoms with E-state index in [0.29, 0.717) is 19.0 Å². The number of rotatable bonds is 5. The second-order valence-electron chi connectivity index (χ2n) is 5.63. The van der Waals surface area contributed by atoms with Crippen LogP contribution in [0.15, 0.2) is 16.5 Å². The number of furan rings is 1.